The fraction of sp³-hybridized carbons (Fsp3) is 0.909. The Morgan fingerprint density at radius 1 is 1.00 bits per heavy atom. The van der Waals surface area contributed by atoms with Gasteiger partial charge in [-0.05, 0) is 24.7 Å². The van der Waals surface area contributed by atoms with E-state index in [0.717, 1.165) is 24.9 Å². The lowest BCUT2D eigenvalue weighted by molar-refractivity contribution is 0.157. The summed E-state index contributed by atoms with van der Waals surface area (Å²) in [5, 5.41) is 0. The van der Waals surface area contributed by atoms with E-state index in [9.17, 15) is 4.79 Å². The van der Waals surface area contributed by atoms with Crippen molar-refractivity contribution in [2.75, 3.05) is 13.1 Å². The van der Waals surface area contributed by atoms with E-state index in [4.69, 9.17) is 5.73 Å². The first kappa shape index (κ1) is 9.81. The normalized spacial score (nSPS) is 25.6. The van der Waals surface area contributed by atoms with Crippen LogP contribution in [0, 0.1) is 11.8 Å². The maximum Gasteiger partial charge on any atom is 0.314 e. The highest BCUT2D eigenvalue weighted by Crippen LogP contribution is 2.36. The third kappa shape index (κ3) is 2.02. The van der Waals surface area contributed by atoms with Gasteiger partial charge in [0.05, 0.1) is 0 Å². The van der Waals surface area contributed by atoms with E-state index in [1.807, 2.05) is 0 Å². The number of urea groups is 1. The van der Waals surface area contributed by atoms with Crippen LogP contribution >= 0.6 is 0 Å². The third-order valence-electron chi connectivity index (χ3n) is 3.92. The van der Waals surface area contributed by atoms with Crippen molar-refractivity contribution in [3.63, 3.8) is 0 Å². The summed E-state index contributed by atoms with van der Waals surface area (Å²) >= 11 is 0. The Morgan fingerprint density at radius 2 is 1.50 bits per heavy atom. The topological polar surface area (TPSA) is 46.3 Å². The highest BCUT2D eigenvalue weighted by Gasteiger charge is 2.29. The summed E-state index contributed by atoms with van der Waals surface area (Å²) in [5.74, 6) is 1.82. The molecule has 0 aromatic heterocycles. The predicted octanol–water partition coefficient (Wildman–Crippen LogP) is 1.97. The SMILES string of the molecule is NC(=O)N1CCC(C2CCCC2)CC1. The van der Waals surface area contributed by atoms with Crippen molar-refractivity contribution >= 4 is 6.03 Å². The Morgan fingerprint density at radius 3 is 2.00 bits per heavy atom. The molecular formula is C11H20N2O. The van der Waals surface area contributed by atoms with Gasteiger partial charge in [-0.3, -0.25) is 0 Å². The molecule has 3 nitrogen and oxygen atoms in total. The number of hydrogen-bond donors (Lipinski definition) is 1. The average Bonchev–Trinajstić information content (AvgIpc) is 2.71. The van der Waals surface area contributed by atoms with Crippen molar-refractivity contribution in [1.82, 2.24) is 4.90 Å². The summed E-state index contributed by atoms with van der Waals surface area (Å²) in [6.45, 7) is 1.77. The molecule has 2 amide bonds. The summed E-state index contributed by atoms with van der Waals surface area (Å²) in [6, 6.07) is -0.241. The Bertz CT molecular complexity index is 203. The minimum absolute atomic E-state index is 0.241. The molecule has 1 saturated heterocycles. The number of nitrogens with two attached hydrogens (primary N) is 1. The maximum absolute atomic E-state index is 10.9. The van der Waals surface area contributed by atoms with Gasteiger partial charge >= 0.3 is 6.03 Å². The van der Waals surface area contributed by atoms with Crippen molar-refractivity contribution in [1.29, 1.82) is 0 Å². The minimum Gasteiger partial charge on any atom is -0.351 e. The zero-order valence-electron chi connectivity index (χ0n) is 8.74. The van der Waals surface area contributed by atoms with Gasteiger partial charge in [0.15, 0.2) is 0 Å². The second-order valence-electron chi connectivity index (χ2n) is 4.71. The number of hydrogen-bond acceptors (Lipinski definition) is 1. The lowest BCUT2D eigenvalue weighted by atomic mass is 9.83. The zero-order chi connectivity index (χ0) is 9.97. The first-order chi connectivity index (χ1) is 6.77. The van der Waals surface area contributed by atoms with Gasteiger partial charge in [0.2, 0.25) is 0 Å². The molecule has 2 aliphatic rings. The molecule has 0 unspecified atom stereocenters. The third-order valence-corrected chi connectivity index (χ3v) is 3.92. The van der Waals surface area contributed by atoms with Crippen LogP contribution in [0.5, 0.6) is 0 Å². The van der Waals surface area contributed by atoms with Gasteiger partial charge in [0, 0.05) is 13.1 Å². The molecule has 80 valence electrons. The fourth-order valence-electron chi connectivity index (χ4n) is 3.02. The average molecular weight is 196 g/mol. The number of carbonyl (C=O) groups is 1. The second-order valence-corrected chi connectivity index (χ2v) is 4.71. The molecule has 1 heterocycles. The van der Waals surface area contributed by atoms with E-state index >= 15 is 0 Å². The molecule has 2 fully saturated rings. The van der Waals surface area contributed by atoms with E-state index in [2.05, 4.69) is 0 Å². The van der Waals surface area contributed by atoms with Gasteiger partial charge in [-0.25, -0.2) is 4.79 Å². The number of piperidine rings is 1. The molecule has 0 spiro atoms. The Labute approximate surface area is 85.6 Å². The number of nitrogens with zero attached hydrogens (tertiary/aromatic N) is 1. The van der Waals surface area contributed by atoms with Gasteiger partial charge in [0.1, 0.15) is 0 Å². The molecule has 1 saturated carbocycles. The molecular weight excluding hydrogens is 176 g/mol. The Balaban J connectivity index is 1.80. The standard InChI is InChI=1S/C11H20N2O/c12-11(14)13-7-5-10(6-8-13)9-3-1-2-4-9/h9-10H,1-8H2,(H2,12,14). The van der Waals surface area contributed by atoms with E-state index < -0.39 is 0 Å². The van der Waals surface area contributed by atoms with Crippen molar-refractivity contribution in [3.05, 3.63) is 0 Å². The quantitative estimate of drug-likeness (QED) is 0.684. The van der Waals surface area contributed by atoms with Crippen LogP contribution in [0.3, 0.4) is 0 Å². The van der Waals surface area contributed by atoms with E-state index in [0.29, 0.717) is 0 Å². The molecule has 2 rings (SSSR count). The van der Waals surface area contributed by atoms with Crippen LogP contribution in [0.2, 0.25) is 0 Å². The number of amides is 2. The van der Waals surface area contributed by atoms with Crippen molar-refractivity contribution < 1.29 is 4.79 Å². The summed E-state index contributed by atoms with van der Waals surface area (Å²) in [7, 11) is 0. The summed E-state index contributed by atoms with van der Waals surface area (Å²) in [4.78, 5) is 12.7. The van der Waals surface area contributed by atoms with Crippen LogP contribution in [-0.4, -0.2) is 24.0 Å². The lowest BCUT2D eigenvalue weighted by Gasteiger charge is -2.33. The van der Waals surface area contributed by atoms with Crippen LogP contribution in [0.15, 0.2) is 0 Å². The molecule has 0 aromatic rings. The van der Waals surface area contributed by atoms with E-state index in [1.54, 1.807) is 4.90 Å². The molecule has 1 aliphatic carbocycles. The van der Waals surface area contributed by atoms with Crippen LogP contribution < -0.4 is 5.73 Å². The Hall–Kier alpha value is -0.730. The van der Waals surface area contributed by atoms with Gasteiger partial charge < -0.3 is 10.6 Å². The van der Waals surface area contributed by atoms with Gasteiger partial charge in [0.25, 0.3) is 0 Å². The smallest absolute Gasteiger partial charge is 0.314 e. The molecule has 0 atom stereocenters. The second kappa shape index (κ2) is 4.20. The Kier molecular flexibility index (Phi) is 2.94. The molecule has 2 N–H and O–H groups in total. The van der Waals surface area contributed by atoms with Crippen LogP contribution in [0.4, 0.5) is 4.79 Å². The first-order valence-electron chi connectivity index (χ1n) is 5.82. The van der Waals surface area contributed by atoms with Gasteiger partial charge in [-0.2, -0.15) is 0 Å². The number of likely N-dealkylation sites (tertiary alicyclic amines) is 1. The van der Waals surface area contributed by atoms with Crippen molar-refractivity contribution in [3.8, 4) is 0 Å². The van der Waals surface area contributed by atoms with Crippen molar-refractivity contribution in [2.24, 2.45) is 17.6 Å². The number of carbonyl (C=O) groups excluding carboxylic acids is 1. The van der Waals surface area contributed by atoms with Crippen LogP contribution in [0.1, 0.15) is 38.5 Å². The summed E-state index contributed by atoms with van der Waals surface area (Å²) < 4.78 is 0. The predicted molar refractivity (Wildman–Crippen MR) is 55.8 cm³/mol. The molecule has 0 radical (unpaired) electrons. The molecule has 14 heavy (non-hydrogen) atoms. The molecule has 3 heteroatoms. The van der Waals surface area contributed by atoms with E-state index in [-0.39, 0.29) is 6.03 Å². The fourth-order valence-corrected chi connectivity index (χ4v) is 3.02. The highest BCUT2D eigenvalue weighted by molar-refractivity contribution is 5.72. The minimum atomic E-state index is -0.241. The monoisotopic (exact) mass is 196 g/mol. The van der Waals surface area contributed by atoms with Crippen LogP contribution in [-0.2, 0) is 0 Å². The van der Waals surface area contributed by atoms with E-state index in [1.165, 1.54) is 38.5 Å². The molecule has 0 bridgehead atoms. The van der Waals surface area contributed by atoms with Crippen molar-refractivity contribution in [2.45, 2.75) is 38.5 Å². The molecule has 0 aromatic carbocycles. The molecule has 1 aliphatic heterocycles. The van der Waals surface area contributed by atoms with Gasteiger partial charge in [-0.1, -0.05) is 25.7 Å². The number of rotatable bonds is 1. The summed E-state index contributed by atoms with van der Waals surface area (Å²) in [5.41, 5.74) is 5.25. The first-order valence-corrected chi connectivity index (χ1v) is 5.82. The largest absolute Gasteiger partial charge is 0.351 e. The lowest BCUT2D eigenvalue weighted by Crippen LogP contribution is -2.42. The van der Waals surface area contributed by atoms with Gasteiger partial charge in [-0.15, -0.1) is 0 Å². The zero-order valence-corrected chi connectivity index (χ0v) is 8.74. The van der Waals surface area contributed by atoms with Crippen LogP contribution in [0.25, 0.3) is 0 Å². The summed E-state index contributed by atoms with van der Waals surface area (Å²) in [6.07, 6.45) is 8.02. The maximum atomic E-state index is 10.9. The highest BCUT2D eigenvalue weighted by atomic mass is 16.2. The number of primary amides is 1.